The van der Waals surface area contributed by atoms with Crippen molar-refractivity contribution in [1.82, 2.24) is 4.31 Å². The van der Waals surface area contributed by atoms with Crippen molar-refractivity contribution in [2.45, 2.75) is 9.79 Å². The third kappa shape index (κ3) is 4.12. The van der Waals surface area contributed by atoms with Gasteiger partial charge in [-0.3, -0.25) is 4.55 Å². The summed E-state index contributed by atoms with van der Waals surface area (Å²) in [6, 6.07) is 10.6. The molecule has 29 heavy (non-hydrogen) atoms. The number of nitrogens with one attached hydrogen (secondary N) is 1. The minimum Gasteiger partial charge on any atom is -0.507 e. The largest absolute Gasteiger partial charge is 0.507 e. The zero-order chi connectivity index (χ0) is 21.6. The van der Waals surface area contributed by atoms with Crippen LogP contribution in [0.25, 0.3) is 10.8 Å². The first-order valence-electron chi connectivity index (χ1n) is 8.16. The molecule has 9 nitrogen and oxygen atoms in total. The summed E-state index contributed by atoms with van der Waals surface area (Å²) in [4.78, 5) is -0.502. The zero-order valence-corrected chi connectivity index (χ0v) is 17.0. The van der Waals surface area contributed by atoms with E-state index in [1.165, 1.54) is 44.4 Å². The van der Waals surface area contributed by atoms with Crippen molar-refractivity contribution in [3.8, 4) is 11.5 Å². The van der Waals surface area contributed by atoms with Crippen molar-refractivity contribution in [2.75, 3.05) is 19.4 Å². The van der Waals surface area contributed by atoms with Gasteiger partial charge in [0.15, 0.2) is 0 Å². The maximum atomic E-state index is 12.1. The highest BCUT2D eigenvalue weighted by molar-refractivity contribution is 7.89. The SMILES string of the molecule is CN(C)S(=O)(=O)c1ccc(Nc2ccc3cc(S(=O)(=O)O)cc(O)c3c2)c(O)c1. The molecule has 0 aliphatic rings. The van der Waals surface area contributed by atoms with Crippen LogP contribution in [0.3, 0.4) is 0 Å². The lowest BCUT2D eigenvalue weighted by molar-refractivity contribution is 0.471. The van der Waals surface area contributed by atoms with Crippen LogP contribution in [0.15, 0.2) is 58.3 Å². The molecule has 0 saturated carbocycles. The Morgan fingerprint density at radius 3 is 2.07 bits per heavy atom. The van der Waals surface area contributed by atoms with Crippen LogP contribution in [0.1, 0.15) is 0 Å². The molecule has 0 amide bonds. The van der Waals surface area contributed by atoms with Gasteiger partial charge in [0.05, 0.1) is 15.5 Å². The van der Waals surface area contributed by atoms with Crippen LogP contribution in [0.2, 0.25) is 0 Å². The maximum Gasteiger partial charge on any atom is 0.294 e. The Morgan fingerprint density at radius 2 is 1.48 bits per heavy atom. The van der Waals surface area contributed by atoms with E-state index in [9.17, 15) is 27.0 Å². The third-order valence-corrected chi connectivity index (χ3v) is 6.87. The predicted octanol–water partition coefficient (Wildman–Crippen LogP) is 2.49. The van der Waals surface area contributed by atoms with E-state index in [4.69, 9.17) is 4.55 Å². The van der Waals surface area contributed by atoms with Crippen molar-refractivity contribution in [2.24, 2.45) is 0 Å². The first-order valence-corrected chi connectivity index (χ1v) is 11.0. The van der Waals surface area contributed by atoms with Crippen LogP contribution in [-0.2, 0) is 20.1 Å². The van der Waals surface area contributed by atoms with Gasteiger partial charge in [-0.25, -0.2) is 12.7 Å². The third-order valence-electron chi connectivity index (χ3n) is 4.23. The number of sulfonamides is 1. The molecule has 0 spiro atoms. The van der Waals surface area contributed by atoms with E-state index in [1.807, 2.05) is 0 Å². The predicted molar refractivity (Wildman–Crippen MR) is 108 cm³/mol. The molecule has 0 heterocycles. The fraction of sp³-hybridized carbons (Fsp3) is 0.111. The second-order valence-electron chi connectivity index (χ2n) is 6.44. The van der Waals surface area contributed by atoms with Gasteiger partial charge >= 0.3 is 0 Å². The number of rotatable bonds is 5. The molecule has 0 fully saturated rings. The summed E-state index contributed by atoms with van der Waals surface area (Å²) in [5.74, 6) is -0.644. The molecule has 0 unspecified atom stereocenters. The van der Waals surface area contributed by atoms with Crippen molar-refractivity contribution < 1.29 is 31.6 Å². The first kappa shape index (κ1) is 20.9. The topological polar surface area (TPSA) is 144 Å². The van der Waals surface area contributed by atoms with Gasteiger partial charge in [0.25, 0.3) is 10.1 Å². The lowest BCUT2D eigenvalue weighted by atomic mass is 10.1. The van der Waals surface area contributed by atoms with Crippen LogP contribution in [0, 0.1) is 0 Å². The van der Waals surface area contributed by atoms with Gasteiger partial charge < -0.3 is 15.5 Å². The number of phenols is 2. The van der Waals surface area contributed by atoms with Gasteiger partial charge in [-0.1, -0.05) is 6.07 Å². The number of benzene rings is 3. The molecule has 0 aliphatic carbocycles. The normalized spacial score (nSPS) is 12.4. The minimum atomic E-state index is -4.46. The molecule has 4 N–H and O–H groups in total. The molecule has 0 aromatic heterocycles. The quantitative estimate of drug-likeness (QED) is 0.351. The molecule has 0 radical (unpaired) electrons. The lowest BCUT2D eigenvalue weighted by Gasteiger charge is -2.14. The molecule has 3 aromatic rings. The summed E-state index contributed by atoms with van der Waals surface area (Å²) in [7, 11) is -5.40. The number of hydrogen-bond acceptors (Lipinski definition) is 7. The van der Waals surface area contributed by atoms with Gasteiger partial charge in [-0.2, -0.15) is 8.42 Å². The van der Waals surface area contributed by atoms with Crippen LogP contribution in [0.5, 0.6) is 11.5 Å². The van der Waals surface area contributed by atoms with E-state index in [-0.39, 0.29) is 22.1 Å². The smallest absolute Gasteiger partial charge is 0.294 e. The summed E-state index contributed by atoms with van der Waals surface area (Å²) in [5, 5.41) is 23.9. The molecule has 0 saturated heterocycles. The number of anilines is 2. The summed E-state index contributed by atoms with van der Waals surface area (Å²) in [6.07, 6.45) is 0. The van der Waals surface area contributed by atoms with E-state index < -0.39 is 25.0 Å². The molecular weight excluding hydrogens is 420 g/mol. The minimum absolute atomic E-state index is 0.0700. The molecule has 0 atom stereocenters. The Morgan fingerprint density at radius 1 is 0.828 bits per heavy atom. The van der Waals surface area contributed by atoms with Gasteiger partial charge in [-0.15, -0.1) is 0 Å². The van der Waals surface area contributed by atoms with Gasteiger partial charge in [-0.05, 0) is 35.7 Å². The van der Waals surface area contributed by atoms with Gasteiger partial charge in [0.2, 0.25) is 10.0 Å². The van der Waals surface area contributed by atoms with Gasteiger partial charge in [0.1, 0.15) is 11.5 Å². The standard InChI is InChI=1S/C18H18N2O7S2/c1-20(2)28(23,24)13-5-6-16(18(22)9-13)19-12-4-3-11-7-14(29(25,26)27)10-17(21)15(11)8-12/h3-10,19,21-22H,1-2H3,(H,25,26,27). The van der Waals surface area contributed by atoms with Crippen LogP contribution >= 0.6 is 0 Å². The zero-order valence-electron chi connectivity index (χ0n) is 15.4. The Bertz CT molecular complexity index is 1320. The summed E-state index contributed by atoms with van der Waals surface area (Å²) in [5.41, 5.74) is 0.682. The maximum absolute atomic E-state index is 12.1. The molecule has 0 aliphatic heterocycles. The van der Waals surface area contributed by atoms with E-state index in [0.717, 1.165) is 16.4 Å². The Kier molecular flexibility index (Phi) is 5.17. The first-order chi connectivity index (χ1) is 13.4. The number of nitrogens with zero attached hydrogens (tertiary/aromatic N) is 1. The van der Waals surface area contributed by atoms with Crippen LogP contribution in [0.4, 0.5) is 11.4 Å². The van der Waals surface area contributed by atoms with E-state index in [0.29, 0.717) is 16.5 Å². The number of phenolic OH excluding ortho intramolecular Hbond substituents is 2. The molecule has 3 aromatic carbocycles. The highest BCUT2D eigenvalue weighted by Gasteiger charge is 2.19. The summed E-state index contributed by atoms with van der Waals surface area (Å²) < 4.78 is 57.0. The fourth-order valence-corrected chi connectivity index (χ4v) is 4.14. The number of aromatic hydroxyl groups is 2. The van der Waals surface area contributed by atoms with Crippen molar-refractivity contribution >= 4 is 42.3 Å². The summed E-state index contributed by atoms with van der Waals surface area (Å²) >= 11 is 0. The Labute approximate surface area is 167 Å². The highest BCUT2D eigenvalue weighted by Crippen LogP contribution is 2.34. The van der Waals surface area contributed by atoms with Crippen LogP contribution in [-0.4, -0.2) is 50.0 Å². The number of fused-ring (bicyclic) bond motifs is 1. The molecule has 154 valence electrons. The average molecular weight is 438 g/mol. The second kappa shape index (κ2) is 7.19. The molecular formula is C18H18N2O7S2. The fourth-order valence-electron chi connectivity index (χ4n) is 2.68. The Hall–Kier alpha value is -2.86. The summed E-state index contributed by atoms with van der Waals surface area (Å²) in [6.45, 7) is 0. The van der Waals surface area contributed by atoms with Gasteiger partial charge in [0, 0.05) is 37.3 Å². The Balaban J connectivity index is 1.98. The lowest BCUT2D eigenvalue weighted by Crippen LogP contribution is -2.22. The molecule has 0 bridgehead atoms. The number of hydrogen-bond donors (Lipinski definition) is 4. The van der Waals surface area contributed by atoms with Crippen molar-refractivity contribution in [1.29, 1.82) is 0 Å². The van der Waals surface area contributed by atoms with E-state index in [2.05, 4.69) is 5.32 Å². The average Bonchev–Trinajstić information content (AvgIpc) is 2.62. The van der Waals surface area contributed by atoms with Crippen LogP contribution < -0.4 is 5.32 Å². The van der Waals surface area contributed by atoms with Crippen molar-refractivity contribution in [3.05, 3.63) is 48.5 Å². The highest BCUT2D eigenvalue weighted by atomic mass is 32.2. The van der Waals surface area contributed by atoms with E-state index >= 15 is 0 Å². The monoisotopic (exact) mass is 438 g/mol. The molecule has 3 rings (SSSR count). The molecule has 11 heteroatoms. The van der Waals surface area contributed by atoms with Crippen molar-refractivity contribution in [3.63, 3.8) is 0 Å². The van der Waals surface area contributed by atoms with E-state index in [1.54, 1.807) is 6.07 Å². The second-order valence-corrected chi connectivity index (χ2v) is 10.0.